The van der Waals surface area contributed by atoms with Crippen LogP contribution < -0.4 is 0 Å². The third-order valence-corrected chi connectivity index (χ3v) is 4.35. The zero-order chi connectivity index (χ0) is 13.0. The van der Waals surface area contributed by atoms with E-state index in [1.807, 2.05) is 31.2 Å². The van der Waals surface area contributed by atoms with Crippen molar-refractivity contribution in [2.45, 2.75) is 25.2 Å². The first-order valence-corrected chi connectivity index (χ1v) is 7.47. The van der Waals surface area contributed by atoms with E-state index in [0.29, 0.717) is 5.75 Å². The number of hydrogen-bond acceptors (Lipinski definition) is 1. The van der Waals surface area contributed by atoms with Gasteiger partial charge in [-0.2, -0.15) is 0 Å². The summed E-state index contributed by atoms with van der Waals surface area (Å²) in [5.74, 6) is 0.687. The van der Waals surface area contributed by atoms with Crippen LogP contribution in [-0.4, -0.2) is 9.96 Å². The Balaban J connectivity index is 1.96. The molecule has 0 saturated heterocycles. The average Bonchev–Trinajstić information content (AvgIpc) is 2.38. The minimum Gasteiger partial charge on any atom is -0.254 e. The van der Waals surface area contributed by atoms with Crippen molar-refractivity contribution in [2.24, 2.45) is 0 Å². The quantitative estimate of drug-likeness (QED) is 0.818. The standard InChI is InChI=1S/C16H18OS/c1-13-3-7-15(8-4-13)11-12-18(17)16-9-5-14(2)6-10-16/h3-10H,11-12H2,1-2H3. The molecule has 0 aliphatic carbocycles. The average molecular weight is 258 g/mol. The molecule has 18 heavy (non-hydrogen) atoms. The molecule has 2 rings (SSSR count). The lowest BCUT2D eigenvalue weighted by Crippen LogP contribution is -2.01. The fourth-order valence-electron chi connectivity index (χ4n) is 1.77. The Morgan fingerprint density at radius 2 is 1.33 bits per heavy atom. The maximum atomic E-state index is 12.1. The Morgan fingerprint density at radius 1 is 0.833 bits per heavy atom. The number of aryl methyl sites for hydroxylation is 3. The van der Waals surface area contributed by atoms with E-state index in [0.717, 1.165) is 11.3 Å². The minimum atomic E-state index is -0.898. The molecular formula is C16H18OS. The van der Waals surface area contributed by atoms with Crippen molar-refractivity contribution in [1.82, 2.24) is 0 Å². The van der Waals surface area contributed by atoms with E-state index < -0.39 is 10.8 Å². The second-order valence-corrected chi connectivity index (χ2v) is 6.17. The number of hydrogen-bond donors (Lipinski definition) is 0. The smallest absolute Gasteiger partial charge is 0.0532 e. The van der Waals surface area contributed by atoms with Gasteiger partial charge in [0.2, 0.25) is 0 Å². The van der Waals surface area contributed by atoms with Crippen molar-refractivity contribution in [2.75, 3.05) is 5.75 Å². The Kier molecular flexibility index (Phi) is 4.32. The van der Waals surface area contributed by atoms with Gasteiger partial charge in [0, 0.05) is 10.6 Å². The normalized spacial score (nSPS) is 12.3. The summed E-state index contributed by atoms with van der Waals surface area (Å²) < 4.78 is 12.1. The van der Waals surface area contributed by atoms with Gasteiger partial charge in [0.1, 0.15) is 0 Å². The summed E-state index contributed by atoms with van der Waals surface area (Å²) in [6.45, 7) is 4.12. The molecule has 0 heterocycles. The topological polar surface area (TPSA) is 17.1 Å². The lowest BCUT2D eigenvalue weighted by atomic mass is 10.1. The molecular weight excluding hydrogens is 240 g/mol. The van der Waals surface area contributed by atoms with Crippen molar-refractivity contribution in [3.05, 3.63) is 65.2 Å². The van der Waals surface area contributed by atoms with Gasteiger partial charge in [-0.15, -0.1) is 0 Å². The zero-order valence-electron chi connectivity index (χ0n) is 10.8. The van der Waals surface area contributed by atoms with Gasteiger partial charge in [-0.3, -0.25) is 4.21 Å². The van der Waals surface area contributed by atoms with Gasteiger partial charge in [-0.25, -0.2) is 0 Å². The molecule has 0 radical (unpaired) electrons. The van der Waals surface area contributed by atoms with Crippen molar-refractivity contribution in [1.29, 1.82) is 0 Å². The molecule has 0 N–H and O–H groups in total. The Bertz CT molecular complexity index is 526. The molecule has 0 fully saturated rings. The fraction of sp³-hybridized carbons (Fsp3) is 0.250. The highest BCUT2D eigenvalue weighted by atomic mass is 32.2. The van der Waals surface area contributed by atoms with Crippen LogP contribution in [0.3, 0.4) is 0 Å². The van der Waals surface area contributed by atoms with E-state index in [4.69, 9.17) is 0 Å². The van der Waals surface area contributed by atoms with Crippen LogP contribution in [0.15, 0.2) is 53.4 Å². The van der Waals surface area contributed by atoms with Crippen LogP contribution >= 0.6 is 0 Å². The summed E-state index contributed by atoms with van der Waals surface area (Å²) >= 11 is 0. The molecule has 0 amide bonds. The van der Waals surface area contributed by atoms with E-state index in [2.05, 4.69) is 31.2 Å². The van der Waals surface area contributed by atoms with Crippen LogP contribution in [0, 0.1) is 13.8 Å². The molecule has 1 nitrogen and oxygen atoms in total. The van der Waals surface area contributed by atoms with Gasteiger partial charge in [0.05, 0.1) is 10.8 Å². The van der Waals surface area contributed by atoms with Gasteiger partial charge >= 0.3 is 0 Å². The van der Waals surface area contributed by atoms with E-state index in [1.54, 1.807) is 0 Å². The van der Waals surface area contributed by atoms with E-state index in [-0.39, 0.29) is 0 Å². The number of benzene rings is 2. The molecule has 0 spiro atoms. The van der Waals surface area contributed by atoms with Crippen molar-refractivity contribution in [3.8, 4) is 0 Å². The van der Waals surface area contributed by atoms with Gasteiger partial charge in [0.25, 0.3) is 0 Å². The zero-order valence-corrected chi connectivity index (χ0v) is 11.7. The van der Waals surface area contributed by atoms with E-state index >= 15 is 0 Å². The highest BCUT2D eigenvalue weighted by Gasteiger charge is 2.03. The molecule has 0 aliphatic heterocycles. The van der Waals surface area contributed by atoms with Crippen molar-refractivity contribution in [3.63, 3.8) is 0 Å². The molecule has 2 aromatic carbocycles. The summed E-state index contributed by atoms with van der Waals surface area (Å²) in [6.07, 6.45) is 0.862. The molecule has 0 saturated carbocycles. The summed E-state index contributed by atoms with van der Waals surface area (Å²) in [6, 6.07) is 16.4. The molecule has 0 aliphatic rings. The first-order chi connectivity index (χ1) is 8.65. The van der Waals surface area contributed by atoms with E-state index in [1.165, 1.54) is 16.7 Å². The van der Waals surface area contributed by atoms with Crippen LogP contribution in [0.2, 0.25) is 0 Å². The highest BCUT2D eigenvalue weighted by molar-refractivity contribution is 7.85. The third kappa shape index (κ3) is 3.54. The molecule has 1 unspecified atom stereocenters. The monoisotopic (exact) mass is 258 g/mol. The molecule has 94 valence electrons. The lowest BCUT2D eigenvalue weighted by molar-refractivity contribution is 0.682. The summed E-state index contributed by atoms with van der Waals surface area (Å²) in [7, 11) is -0.898. The largest absolute Gasteiger partial charge is 0.254 e. The molecule has 2 heteroatoms. The van der Waals surface area contributed by atoms with E-state index in [9.17, 15) is 4.21 Å². The van der Waals surface area contributed by atoms with Crippen molar-refractivity contribution >= 4 is 10.8 Å². The Morgan fingerprint density at radius 3 is 1.89 bits per heavy atom. The second-order valence-electron chi connectivity index (χ2n) is 4.60. The molecule has 0 aromatic heterocycles. The SMILES string of the molecule is Cc1ccc(CCS(=O)c2ccc(C)cc2)cc1. The predicted octanol–water partition coefficient (Wildman–Crippen LogP) is 3.65. The first-order valence-electron chi connectivity index (χ1n) is 6.16. The number of rotatable bonds is 4. The summed E-state index contributed by atoms with van der Waals surface area (Å²) in [5.41, 5.74) is 3.72. The van der Waals surface area contributed by atoms with Gasteiger partial charge in [0.15, 0.2) is 0 Å². The predicted molar refractivity (Wildman–Crippen MR) is 77.3 cm³/mol. The van der Waals surface area contributed by atoms with Crippen LogP contribution in [0.4, 0.5) is 0 Å². The maximum absolute atomic E-state index is 12.1. The lowest BCUT2D eigenvalue weighted by Gasteiger charge is -2.04. The van der Waals surface area contributed by atoms with Crippen LogP contribution in [-0.2, 0) is 17.2 Å². The maximum Gasteiger partial charge on any atom is 0.0532 e. The van der Waals surface area contributed by atoms with Gasteiger partial charge in [-0.1, -0.05) is 47.5 Å². The van der Waals surface area contributed by atoms with Crippen LogP contribution in [0.1, 0.15) is 16.7 Å². The van der Waals surface area contributed by atoms with Crippen LogP contribution in [0.25, 0.3) is 0 Å². The second kappa shape index (κ2) is 5.96. The summed E-state index contributed by atoms with van der Waals surface area (Å²) in [5, 5.41) is 0. The Hall–Kier alpha value is -1.41. The molecule has 0 bridgehead atoms. The summed E-state index contributed by atoms with van der Waals surface area (Å²) in [4.78, 5) is 0.924. The highest BCUT2D eigenvalue weighted by Crippen LogP contribution is 2.11. The van der Waals surface area contributed by atoms with Crippen LogP contribution in [0.5, 0.6) is 0 Å². The van der Waals surface area contributed by atoms with Crippen molar-refractivity contribution < 1.29 is 4.21 Å². The first kappa shape index (κ1) is 13.0. The molecule has 1 atom stereocenters. The minimum absolute atomic E-state index is 0.687. The van der Waals surface area contributed by atoms with Gasteiger partial charge < -0.3 is 0 Å². The third-order valence-electron chi connectivity index (χ3n) is 2.98. The Labute approximate surface area is 111 Å². The van der Waals surface area contributed by atoms with Gasteiger partial charge in [-0.05, 0) is 38.0 Å². The fourth-order valence-corrected chi connectivity index (χ4v) is 2.87. The molecule has 2 aromatic rings.